The van der Waals surface area contributed by atoms with E-state index in [9.17, 15) is 4.79 Å². The predicted octanol–water partition coefficient (Wildman–Crippen LogP) is 5.04. The zero-order valence-corrected chi connectivity index (χ0v) is 12.9. The summed E-state index contributed by atoms with van der Waals surface area (Å²) in [5, 5.41) is 8.56. The third-order valence-electron chi connectivity index (χ3n) is 5.62. The Morgan fingerprint density at radius 3 is 2.10 bits per heavy atom. The summed E-state index contributed by atoms with van der Waals surface area (Å²) in [6, 6.07) is 0. The maximum absolute atomic E-state index is 10.4. The van der Waals surface area contributed by atoms with Crippen molar-refractivity contribution < 1.29 is 9.90 Å². The van der Waals surface area contributed by atoms with Gasteiger partial charge in [-0.15, -0.1) is 0 Å². The second-order valence-electron chi connectivity index (χ2n) is 7.12. The zero-order chi connectivity index (χ0) is 14.4. The van der Waals surface area contributed by atoms with E-state index >= 15 is 0 Å². The highest BCUT2D eigenvalue weighted by Gasteiger charge is 2.29. The molecule has 2 saturated carbocycles. The van der Waals surface area contributed by atoms with E-state index in [1.807, 2.05) is 6.08 Å². The lowest BCUT2D eigenvalue weighted by Crippen LogP contribution is -2.25. The molecule has 2 nitrogen and oxygen atoms in total. The van der Waals surface area contributed by atoms with Gasteiger partial charge in [0.25, 0.3) is 0 Å². The SMILES string of the molecule is CC1CCC(C2CCC(CCC=CC(=O)O)CC2)CC1. The second kappa shape index (κ2) is 7.85. The highest BCUT2D eigenvalue weighted by molar-refractivity contribution is 5.79. The van der Waals surface area contributed by atoms with Gasteiger partial charge in [-0.2, -0.15) is 0 Å². The van der Waals surface area contributed by atoms with Crippen LogP contribution in [0.2, 0.25) is 0 Å². The van der Waals surface area contributed by atoms with E-state index in [1.54, 1.807) is 0 Å². The molecule has 2 fully saturated rings. The molecule has 0 radical (unpaired) electrons. The molecule has 0 bridgehead atoms. The normalized spacial score (nSPS) is 35.2. The molecule has 114 valence electrons. The second-order valence-corrected chi connectivity index (χ2v) is 7.12. The Kier molecular flexibility index (Phi) is 6.12. The van der Waals surface area contributed by atoms with Crippen molar-refractivity contribution in [3.05, 3.63) is 12.2 Å². The first-order chi connectivity index (χ1) is 9.65. The van der Waals surface area contributed by atoms with Crippen LogP contribution in [0.15, 0.2) is 12.2 Å². The number of hydrogen-bond donors (Lipinski definition) is 1. The summed E-state index contributed by atoms with van der Waals surface area (Å²) in [4.78, 5) is 10.4. The maximum Gasteiger partial charge on any atom is 0.327 e. The third-order valence-corrected chi connectivity index (χ3v) is 5.62. The van der Waals surface area contributed by atoms with Crippen molar-refractivity contribution in [2.24, 2.45) is 23.7 Å². The van der Waals surface area contributed by atoms with E-state index in [0.717, 1.165) is 30.1 Å². The fraction of sp³-hybridized carbons (Fsp3) is 0.833. The largest absolute Gasteiger partial charge is 0.478 e. The van der Waals surface area contributed by atoms with E-state index in [4.69, 9.17) is 5.11 Å². The van der Waals surface area contributed by atoms with Crippen molar-refractivity contribution >= 4 is 5.97 Å². The quantitative estimate of drug-likeness (QED) is 0.715. The van der Waals surface area contributed by atoms with Gasteiger partial charge in [0.15, 0.2) is 0 Å². The van der Waals surface area contributed by atoms with E-state index < -0.39 is 5.97 Å². The van der Waals surface area contributed by atoms with Crippen LogP contribution in [-0.4, -0.2) is 11.1 Å². The molecular weight excluding hydrogens is 248 g/mol. The van der Waals surface area contributed by atoms with Crippen molar-refractivity contribution in [2.75, 3.05) is 0 Å². The molecule has 0 unspecified atom stereocenters. The Balaban J connectivity index is 1.63. The standard InChI is InChI=1S/C18H30O2/c1-14-6-10-16(11-7-14)17-12-8-15(9-13-17)4-2-3-5-18(19)20/h3,5,14-17H,2,4,6-13H2,1H3,(H,19,20). The molecule has 0 saturated heterocycles. The first-order valence-electron chi connectivity index (χ1n) is 8.54. The average Bonchev–Trinajstić information content (AvgIpc) is 2.45. The van der Waals surface area contributed by atoms with Gasteiger partial charge in [-0.1, -0.05) is 38.7 Å². The molecule has 0 atom stereocenters. The first-order valence-corrected chi connectivity index (χ1v) is 8.54. The minimum atomic E-state index is -0.819. The molecule has 1 N–H and O–H groups in total. The Morgan fingerprint density at radius 1 is 1.00 bits per heavy atom. The number of hydrogen-bond acceptors (Lipinski definition) is 1. The first kappa shape index (κ1) is 15.6. The summed E-state index contributed by atoms with van der Waals surface area (Å²) in [5.41, 5.74) is 0. The number of aliphatic carboxylic acids is 1. The van der Waals surface area contributed by atoms with Crippen LogP contribution in [0.3, 0.4) is 0 Å². The smallest absolute Gasteiger partial charge is 0.327 e. The zero-order valence-electron chi connectivity index (χ0n) is 12.9. The van der Waals surface area contributed by atoms with Gasteiger partial charge in [-0.3, -0.25) is 0 Å². The average molecular weight is 278 g/mol. The van der Waals surface area contributed by atoms with Crippen molar-refractivity contribution in [3.63, 3.8) is 0 Å². The number of allylic oxidation sites excluding steroid dienone is 1. The van der Waals surface area contributed by atoms with Crippen LogP contribution in [0, 0.1) is 23.7 Å². The Bertz CT molecular complexity index is 318. The van der Waals surface area contributed by atoms with Crippen LogP contribution in [-0.2, 0) is 4.79 Å². The molecular formula is C18H30O2. The highest BCUT2D eigenvalue weighted by atomic mass is 16.4. The summed E-state index contributed by atoms with van der Waals surface area (Å²) < 4.78 is 0. The summed E-state index contributed by atoms with van der Waals surface area (Å²) in [5.74, 6) is 2.99. The van der Waals surface area contributed by atoms with Gasteiger partial charge < -0.3 is 5.11 Å². The molecule has 0 heterocycles. The van der Waals surface area contributed by atoms with Gasteiger partial charge in [0.05, 0.1) is 0 Å². The fourth-order valence-electron chi connectivity index (χ4n) is 4.22. The highest BCUT2D eigenvalue weighted by Crippen LogP contribution is 2.42. The monoisotopic (exact) mass is 278 g/mol. The molecule has 0 aromatic rings. The molecule has 0 aliphatic heterocycles. The lowest BCUT2D eigenvalue weighted by molar-refractivity contribution is -0.131. The van der Waals surface area contributed by atoms with Crippen molar-refractivity contribution in [3.8, 4) is 0 Å². The Hall–Kier alpha value is -0.790. The predicted molar refractivity (Wildman–Crippen MR) is 82.6 cm³/mol. The van der Waals surface area contributed by atoms with Crippen LogP contribution in [0.5, 0.6) is 0 Å². The fourth-order valence-corrected chi connectivity index (χ4v) is 4.22. The van der Waals surface area contributed by atoms with Crippen molar-refractivity contribution in [1.82, 2.24) is 0 Å². The third kappa shape index (κ3) is 4.96. The molecule has 0 aromatic heterocycles. The molecule has 0 amide bonds. The Morgan fingerprint density at radius 2 is 1.55 bits per heavy atom. The summed E-state index contributed by atoms with van der Waals surface area (Å²) in [6.07, 6.45) is 16.6. The van der Waals surface area contributed by atoms with E-state index in [0.29, 0.717) is 0 Å². The number of carboxylic acid groups (broad SMARTS) is 1. The summed E-state index contributed by atoms with van der Waals surface area (Å²) in [7, 11) is 0. The van der Waals surface area contributed by atoms with Gasteiger partial charge in [0, 0.05) is 6.08 Å². The number of carbonyl (C=O) groups is 1. The van der Waals surface area contributed by atoms with Gasteiger partial charge in [0.1, 0.15) is 0 Å². The minimum Gasteiger partial charge on any atom is -0.478 e. The van der Waals surface area contributed by atoms with Crippen LogP contribution in [0.4, 0.5) is 0 Å². The van der Waals surface area contributed by atoms with Crippen LogP contribution in [0.25, 0.3) is 0 Å². The molecule has 0 aromatic carbocycles. The van der Waals surface area contributed by atoms with Gasteiger partial charge >= 0.3 is 5.97 Å². The molecule has 2 aliphatic carbocycles. The molecule has 20 heavy (non-hydrogen) atoms. The topological polar surface area (TPSA) is 37.3 Å². The summed E-state index contributed by atoms with van der Waals surface area (Å²) in [6.45, 7) is 2.40. The van der Waals surface area contributed by atoms with Crippen molar-refractivity contribution in [2.45, 2.75) is 71.1 Å². The number of carboxylic acids is 1. The molecule has 0 spiro atoms. The van der Waals surface area contributed by atoms with Crippen LogP contribution < -0.4 is 0 Å². The lowest BCUT2D eigenvalue weighted by atomic mass is 9.69. The summed E-state index contributed by atoms with van der Waals surface area (Å²) >= 11 is 0. The minimum absolute atomic E-state index is 0.819. The van der Waals surface area contributed by atoms with Gasteiger partial charge in [-0.25, -0.2) is 4.79 Å². The lowest BCUT2D eigenvalue weighted by Gasteiger charge is -2.37. The van der Waals surface area contributed by atoms with Crippen molar-refractivity contribution in [1.29, 1.82) is 0 Å². The maximum atomic E-state index is 10.4. The van der Waals surface area contributed by atoms with E-state index in [2.05, 4.69) is 6.92 Å². The number of rotatable bonds is 5. The molecule has 2 heteroatoms. The molecule has 2 rings (SSSR count). The van der Waals surface area contributed by atoms with Gasteiger partial charge in [-0.05, 0) is 62.2 Å². The van der Waals surface area contributed by atoms with Crippen LogP contribution >= 0.6 is 0 Å². The van der Waals surface area contributed by atoms with Crippen LogP contribution in [0.1, 0.15) is 71.1 Å². The van der Waals surface area contributed by atoms with Gasteiger partial charge in [0.2, 0.25) is 0 Å². The molecule has 2 aliphatic rings. The van der Waals surface area contributed by atoms with E-state index in [-0.39, 0.29) is 0 Å². The Labute approximate surface area is 123 Å². The van der Waals surface area contributed by atoms with E-state index in [1.165, 1.54) is 63.9 Å².